The van der Waals surface area contributed by atoms with Gasteiger partial charge in [-0.15, -0.1) is 0 Å². The van der Waals surface area contributed by atoms with Gasteiger partial charge in [0, 0.05) is 17.6 Å². The van der Waals surface area contributed by atoms with Crippen LogP contribution in [0.5, 0.6) is 0 Å². The van der Waals surface area contributed by atoms with Crippen LogP contribution in [-0.4, -0.2) is 11.1 Å². The highest BCUT2D eigenvalue weighted by molar-refractivity contribution is 6.30. The average molecular weight is 312 g/mol. The first-order valence-electron chi connectivity index (χ1n) is 6.09. The average Bonchev–Trinajstić information content (AvgIpc) is 2.39. The van der Waals surface area contributed by atoms with Gasteiger partial charge >= 0.3 is 5.97 Å². The van der Waals surface area contributed by atoms with Gasteiger partial charge in [0.15, 0.2) is 0 Å². The number of carbonyl (C=O) groups is 1. The summed E-state index contributed by atoms with van der Waals surface area (Å²) in [6.07, 6.45) is 0. The summed E-state index contributed by atoms with van der Waals surface area (Å²) in [6, 6.07) is 6.75. The highest BCUT2D eigenvalue weighted by atomic mass is 35.5. The molecule has 0 amide bonds. The molecule has 0 unspecified atom stereocenters. The number of anilines is 1. The van der Waals surface area contributed by atoms with Crippen LogP contribution in [0.25, 0.3) is 0 Å². The third-order valence-corrected chi connectivity index (χ3v) is 3.30. The molecular weight excluding hydrogens is 300 g/mol. The van der Waals surface area contributed by atoms with Gasteiger partial charge in [-0.25, -0.2) is 13.6 Å². The lowest BCUT2D eigenvalue weighted by Crippen LogP contribution is -2.07. The predicted octanol–water partition coefficient (Wildman–Crippen LogP) is 4.24. The van der Waals surface area contributed by atoms with Crippen molar-refractivity contribution in [1.29, 1.82) is 0 Å². The van der Waals surface area contributed by atoms with Crippen molar-refractivity contribution in [3.8, 4) is 0 Å². The second kappa shape index (κ2) is 6.10. The molecule has 0 atom stereocenters. The molecule has 0 aliphatic rings. The quantitative estimate of drug-likeness (QED) is 0.888. The standard InChI is InChI=1S/C15H12ClF2NO2/c1-8-4-10(16)3-2-9(8)7-19-14-5-11(15(20)21)12(17)6-13(14)18/h2-6,19H,7H2,1H3,(H,20,21). The van der Waals surface area contributed by atoms with Gasteiger partial charge in [0.05, 0.1) is 11.3 Å². The summed E-state index contributed by atoms with van der Waals surface area (Å²) < 4.78 is 26.9. The summed E-state index contributed by atoms with van der Waals surface area (Å²) in [5, 5.41) is 12.2. The minimum Gasteiger partial charge on any atom is -0.478 e. The van der Waals surface area contributed by atoms with Gasteiger partial charge in [0.1, 0.15) is 11.6 Å². The van der Waals surface area contributed by atoms with E-state index in [1.807, 2.05) is 6.92 Å². The van der Waals surface area contributed by atoms with Crippen LogP contribution in [0, 0.1) is 18.6 Å². The van der Waals surface area contributed by atoms with Crippen LogP contribution in [0.2, 0.25) is 5.02 Å². The highest BCUT2D eigenvalue weighted by Crippen LogP contribution is 2.22. The van der Waals surface area contributed by atoms with E-state index < -0.39 is 23.2 Å². The van der Waals surface area contributed by atoms with Crippen LogP contribution in [0.1, 0.15) is 21.5 Å². The Balaban J connectivity index is 2.23. The minimum atomic E-state index is -1.45. The second-order valence-corrected chi connectivity index (χ2v) is 4.98. The van der Waals surface area contributed by atoms with Crippen molar-refractivity contribution in [3.63, 3.8) is 0 Å². The molecule has 21 heavy (non-hydrogen) atoms. The number of nitrogens with one attached hydrogen (secondary N) is 1. The molecule has 0 aliphatic heterocycles. The molecule has 0 bridgehead atoms. The maximum Gasteiger partial charge on any atom is 0.338 e. The smallest absolute Gasteiger partial charge is 0.338 e. The third kappa shape index (κ3) is 3.49. The molecule has 2 rings (SSSR count). The van der Waals surface area contributed by atoms with E-state index in [0.29, 0.717) is 11.1 Å². The molecule has 2 aromatic carbocycles. The van der Waals surface area contributed by atoms with Crippen LogP contribution in [0.4, 0.5) is 14.5 Å². The van der Waals surface area contributed by atoms with E-state index in [9.17, 15) is 13.6 Å². The van der Waals surface area contributed by atoms with Gasteiger partial charge in [-0.3, -0.25) is 0 Å². The van der Waals surface area contributed by atoms with Gasteiger partial charge in [-0.05, 0) is 36.2 Å². The van der Waals surface area contributed by atoms with Crippen molar-refractivity contribution in [2.24, 2.45) is 0 Å². The molecule has 0 fully saturated rings. The summed E-state index contributed by atoms with van der Waals surface area (Å²) in [6.45, 7) is 2.12. The van der Waals surface area contributed by atoms with Gasteiger partial charge in [-0.1, -0.05) is 17.7 Å². The van der Waals surface area contributed by atoms with Gasteiger partial charge in [-0.2, -0.15) is 0 Å². The molecule has 2 N–H and O–H groups in total. The van der Waals surface area contributed by atoms with Crippen molar-refractivity contribution < 1.29 is 18.7 Å². The topological polar surface area (TPSA) is 49.3 Å². The fraction of sp³-hybridized carbons (Fsp3) is 0.133. The van der Waals surface area contributed by atoms with Crippen LogP contribution in [0.3, 0.4) is 0 Å². The molecule has 0 aromatic heterocycles. The Morgan fingerprint density at radius 3 is 2.57 bits per heavy atom. The molecule has 2 aromatic rings. The summed E-state index contributed by atoms with van der Waals surface area (Å²) in [5.41, 5.74) is 1.14. The number of carboxylic acid groups (broad SMARTS) is 1. The SMILES string of the molecule is Cc1cc(Cl)ccc1CNc1cc(C(=O)O)c(F)cc1F. The van der Waals surface area contributed by atoms with Crippen LogP contribution in [-0.2, 0) is 6.54 Å². The molecule has 0 radical (unpaired) electrons. The minimum absolute atomic E-state index is 0.0665. The Bertz CT molecular complexity index is 704. The number of aryl methyl sites for hydroxylation is 1. The Labute approximate surface area is 125 Å². The number of benzene rings is 2. The molecule has 0 saturated heterocycles. The number of carboxylic acids is 1. The lowest BCUT2D eigenvalue weighted by molar-refractivity contribution is 0.0692. The monoisotopic (exact) mass is 311 g/mol. The number of aromatic carboxylic acids is 1. The first-order valence-corrected chi connectivity index (χ1v) is 6.47. The van der Waals surface area contributed by atoms with E-state index in [1.54, 1.807) is 18.2 Å². The summed E-state index contributed by atoms with van der Waals surface area (Å²) in [7, 11) is 0. The third-order valence-electron chi connectivity index (χ3n) is 3.06. The van der Waals surface area contributed by atoms with Gasteiger partial charge in [0.25, 0.3) is 0 Å². The lowest BCUT2D eigenvalue weighted by Gasteiger charge is -2.11. The molecule has 3 nitrogen and oxygen atoms in total. The maximum absolute atomic E-state index is 13.6. The number of halogens is 3. The maximum atomic E-state index is 13.6. The predicted molar refractivity (Wildman–Crippen MR) is 76.8 cm³/mol. The fourth-order valence-electron chi connectivity index (χ4n) is 1.90. The highest BCUT2D eigenvalue weighted by Gasteiger charge is 2.15. The van der Waals surface area contributed by atoms with E-state index in [2.05, 4.69) is 5.32 Å². The summed E-state index contributed by atoms with van der Waals surface area (Å²) in [4.78, 5) is 10.8. The molecule has 6 heteroatoms. The zero-order valence-corrected chi connectivity index (χ0v) is 11.8. The second-order valence-electron chi connectivity index (χ2n) is 4.54. The molecule has 0 heterocycles. The van der Waals surface area contributed by atoms with Gasteiger partial charge < -0.3 is 10.4 Å². The Hall–Kier alpha value is -2.14. The zero-order chi connectivity index (χ0) is 15.6. The van der Waals surface area contributed by atoms with Crippen molar-refractivity contribution in [1.82, 2.24) is 0 Å². The van der Waals surface area contributed by atoms with Crippen molar-refractivity contribution >= 4 is 23.3 Å². The number of hydrogen-bond donors (Lipinski definition) is 2. The largest absolute Gasteiger partial charge is 0.478 e. The van der Waals surface area contributed by atoms with E-state index >= 15 is 0 Å². The molecule has 110 valence electrons. The van der Waals surface area contributed by atoms with E-state index in [-0.39, 0.29) is 12.2 Å². The van der Waals surface area contributed by atoms with Crippen molar-refractivity contribution in [2.75, 3.05) is 5.32 Å². The first kappa shape index (κ1) is 15.3. The zero-order valence-electron chi connectivity index (χ0n) is 11.1. The molecular formula is C15H12ClF2NO2. The molecule has 0 spiro atoms. The van der Waals surface area contributed by atoms with Crippen molar-refractivity contribution in [2.45, 2.75) is 13.5 Å². The number of rotatable bonds is 4. The Morgan fingerprint density at radius 1 is 1.24 bits per heavy atom. The summed E-state index contributed by atoms with van der Waals surface area (Å²) >= 11 is 5.85. The van der Waals surface area contributed by atoms with Crippen LogP contribution < -0.4 is 5.32 Å². The molecule has 0 aliphatic carbocycles. The van der Waals surface area contributed by atoms with Crippen LogP contribution >= 0.6 is 11.6 Å². The fourth-order valence-corrected chi connectivity index (χ4v) is 2.12. The Kier molecular flexibility index (Phi) is 4.43. The number of hydrogen-bond acceptors (Lipinski definition) is 2. The van der Waals surface area contributed by atoms with Crippen LogP contribution in [0.15, 0.2) is 30.3 Å². The van der Waals surface area contributed by atoms with E-state index in [0.717, 1.165) is 17.2 Å². The van der Waals surface area contributed by atoms with Gasteiger partial charge in [0.2, 0.25) is 0 Å². The Morgan fingerprint density at radius 2 is 1.95 bits per heavy atom. The molecule has 0 saturated carbocycles. The van der Waals surface area contributed by atoms with E-state index in [4.69, 9.17) is 16.7 Å². The lowest BCUT2D eigenvalue weighted by atomic mass is 10.1. The first-order chi connectivity index (χ1) is 9.88. The van der Waals surface area contributed by atoms with Crippen molar-refractivity contribution in [3.05, 3.63) is 63.7 Å². The normalized spacial score (nSPS) is 10.5. The summed E-state index contributed by atoms with van der Waals surface area (Å²) in [5.74, 6) is -3.39. The van der Waals surface area contributed by atoms with E-state index in [1.165, 1.54) is 0 Å².